The summed E-state index contributed by atoms with van der Waals surface area (Å²) >= 11 is 0. The first kappa shape index (κ1) is 22.3. The third-order valence-electron chi connectivity index (χ3n) is 4.07. The van der Waals surface area contributed by atoms with E-state index >= 15 is 0 Å². The lowest BCUT2D eigenvalue weighted by atomic mass is 10.1. The molecule has 2 aromatic rings. The minimum atomic E-state index is -3.97. The van der Waals surface area contributed by atoms with Gasteiger partial charge in [0.2, 0.25) is 10.0 Å². The Kier molecular flexibility index (Phi) is 7.29. The molecular formula is C19H22N2O7S. The lowest BCUT2D eigenvalue weighted by Gasteiger charge is -2.21. The predicted octanol–water partition coefficient (Wildman–Crippen LogP) is 2.65. The highest BCUT2D eigenvalue weighted by Crippen LogP contribution is 2.18. The van der Waals surface area contributed by atoms with Crippen molar-refractivity contribution in [3.05, 3.63) is 64.2 Å². The van der Waals surface area contributed by atoms with Crippen molar-refractivity contribution in [2.45, 2.75) is 31.4 Å². The molecule has 0 aromatic heterocycles. The lowest BCUT2D eigenvalue weighted by molar-refractivity contribution is -0.384. The summed E-state index contributed by atoms with van der Waals surface area (Å²) in [4.78, 5) is 22.7. The number of esters is 1. The first-order valence-corrected chi connectivity index (χ1v) is 10.2. The Morgan fingerprint density at radius 2 is 1.83 bits per heavy atom. The van der Waals surface area contributed by atoms with Crippen LogP contribution in [0.15, 0.2) is 53.4 Å². The molecule has 0 unspecified atom stereocenters. The molecular weight excluding hydrogens is 400 g/mol. The summed E-state index contributed by atoms with van der Waals surface area (Å²) in [6.45, 7) is 3.14. The van der Waals surface area contributed by atoms with E-state index in [1.54, 1.807) is 19.9 Å². The number of non-ortho nitro benzene ring substituents is 1. The van der Waals surface area contributed by atoms with Gasteiger partial charge in [0.1, 0.15) is 18.4 Å². The van der Waals surface area contributed by atoms with E-state index in [-0.39, 0.29) is 23.1 Å². The summed E-state index contributed by atoms with van der Waals surface area (Å²) in [5, 5.41) is 10.8. The molecule has 0 aliphatic carbocycles. The molecule has 0 spiro atoms. The van der Waals surface area contributed by atoms with Gasteiger partial charge >= 0.3 is 5.97 Å². The van der Waals surface area contributed by atoms with Gasteiger partial charge in [-0.15, -0.1) is 0 Å². The number of ether oxygens (including phenoxy) is 2. The molecule has 156 valence electrons. The van der Waals surface area contributed by atoms with Gasteiger partial charge in [0.05, 0.1) is 16.9 Å². The first-order chi connectivity index (χ1) is 13.6. The van der Waals surface area contributed by atoms with Gasteiger partial charge in [-0.05, 0) is 35.7 Å². The van der Waals surface area contributed by atoms with Crippen LogP contribution in [0.3, 0.4) is 0 Å². The average molecular weight is 422 g/mol. The van der Waals surface area contributed by atoms with Crippen molar-refractivity contribution in [1.82, 2.24) is 4.72 Å². The molecule has 1 atom stereocenters. The van der Waals surface area contributed by atoms with Crippen LogP contribution in [0.4, 0.5) is 5.69 Å². The molecule has 0 amide bonds. The minimum Gasteiger partial charge on any atom is -0.497 e. The predicted molar refractivity (Wildman–Crippen MR) is 105 cm³/mol. The van der Waals surface area contributed by atoms with Gasteiger partial charge in [-0.1, -0.05) is 26.0 Å². The second-order valence-electron chi connectivity index (χ2n) is 6.55. The van der Waals surface area contributed by atoms with E-state index in [1.165, 1.54) is 49.6 Å². The molecule has 1 N–H and O–H groups in total. The molecule has 0 fully saturated rings. The van der Waals surface area contributed by atoms with Crippen LogP contribution < -0.4 is 9.46 Å². The number of sulfonamides is 1. The van der Waals surface area contributed by atoms with Crippen LogP contribution in [0.1, 0.15) is 19.4 Å². The third kappa shape index (κ3) is 6.00. The fourth-order valence-electron chi connectivity index (χ4n) is 2.45. The van der Waals surface area contributed by atoms with Gasteiger partial charge in [0.15, 0.2) is 0 Å². The van der Waals surface area contributed by atoms with Crippen molar-refractivity contribution in [1.29, 1.82) is 0 Å². The van der Waals surface area contributed by atoms with Crippen molar-refractivity contribution in [3.8, 4) is 5.75 Å². The average Bonchev–Trinajstić information content (AvgIpc) is 2.70. The maximum Gasteiger partial charge on any atom is 0.324 e. The van der Waals surface area contributed by atoms with Crippen LogP contribution in [0, 0.1) is 16.0 Å². The standard InChI is InChI=1S/C19H22N2O7S/c1-13(2)18(20-29(25,26)17-9-7-16(27-3)8-10-17)19(22)28-12-14-5-4-6-15(11-14)21(23)24/h4-11,13,18,20H,12H2,1-3H3/t18-/m0/s1. The Hall–Kier alpha value is -2.98. The third-order valence-corrected chi connectivity index (χ3v) is 5.53. The summed E-state index contributed by atoms with van der Waals surface area (Å²) in [6.07, 6.45) is 0. The Morgan fingerprint density at radius 1 is 1.17 bits per heavy atom. The Labute approximate surface area is 168 Å². The van der Waals surface area contributed by atoms with Crippen LogP contribution in [0.2, 0.25) is 0 Å². The first-order valence-electron chi connectivity index (χ1n) is 8.70. The van der Waals surface area contributed by atoms with Gasteiger partial charge < -0.3 is 9.47 Å². The molecule has 0 aliphatic rings. The molecule has 2 rings (SSSR count). The zero-order chi connectivity index (χ0) is 21.6. The Balaban J connectivity index is 2.10. The molecule has 0 aliphatic heterocycles. The van der Waals surface area contributed by atoms with Crippen LogP contribution >= 0.6 is 0 Å². The molecule has 9 nitrogen and oxygen atoms in total. The Bertz CT molecular complexity index is 972. The number of rotatable bonds is 9. The zero-order valence-corrected chi connectivity index (χ0v) is 17.0. The van der Waals surface area contributed by atoms with Crippen molar-refractivity contribution < 1.29 is 27.6 Å². The highest BCUT2D eigenvalue weighted by atomic mass is 32.2. The molecule has 2 aromatic carbocycles. The molecule has 0 bridgehead atoms. The molecule has 0 heterocycles. The van der Waals surface area contributed by atoms with Crippen LogP contribution in [0.25, 0.3) is 0 Å². The summed E-state index contributed by atoms with van der Waals surface area (Å²) in [5.74, 6) is -0.662. The quantitative estimate of drug-likeness (QED) is 0.374. The fourth-order valence-corrected chi connectivity index (χ4v) is 3.78. The second-order valence-corrected chi connectivity index (χ2v) is 8.27. The lowest BCUT2D eigenvalue weighted by Crippen LogP contribution is -2.45. The van der Waals surface area contributed by atoms with Gasteiger partial charge in [-0.2, -0.15) is 4.72 Å². The number of carbonyl (C=O) groups is 1. The zero-order valence-electron chi connectivity index (χ0n) is 16.2. The monoisotopic (exact) mass is 422 g/mol. The van der Waals surface area contributed by atoms with Crippen molar-refractivity contribution >= 4 is 21.7 Å². The highest BCUT2D eigenvalue weighted by molar-refractivity contribution is 7.89. The highest BCUT2D eigenvalue weighted by Gasteiger charge is 2.29. The molecule has 29 heavy (non-hydrogen) atoms. The topological polar surface area (TPSA) is 125 Å². The van der Waals surface area contributed by atoms with Crippen molar-refractivity contribution in [2.24, 2.45) is 5.92 Å². The van der Waals surface area contributed by atoms with Crippen LogP contribution in [-0.2, 0) is 26.2 Å². The maximum absolute atomic E-state index is 12.6. The van der Waals surface area contributed by atoms with E-state index in [2.05, 4.69) is 4.72 Å². The Morgan fingerprint density at radius 3 is 2.38 bits per heavy atom. The molecule has 0 radical (unpaired) electrons. The van der Waals surface area contributed by atoms with Crippen molar-refractivity contribution in [2.75, 3.05) is 7.11 Å². The summed E-state index contributed by atoms with van der Waals surface area (Å²) in [6, 6.07) is 10.3. The largest absolute Gasteiger partial charge is 0.497 e. The second kappa shape index (κ2) is 9.48. The normalized spacial score (nSPS) is 12.4. The van der Waals surface area contributed by atoms with Gasteiger partial charge in [0, 0.05) is 12.1 Å². The van der Waals surface area contributed by atoms with Crippen LogP contribution in [0.5, 0.6) is 5.75 Å². The van der Waals surface area contributed by atoms with E-state index in [0.717, 1.165) is 0 Å². The van der Waals surface area contributed by atoms with E-state index in [1.807, 2.05) is 0 Å². The number of hydrogen-bond acceptors (Lipinski definition) is 7. The van der Waals surface area contributed by atoms with Crippen LogP contribution in [-0.4, -0.2) is 32.5 Å². The minimum absolute atomic E-state index is 0.0181. The number of nitro benzene ring substituents is 1. The number of nitro groups is 1. The molecule has 0 saturated heterocycles. The summed E-state index contributed by atoms with van der Waals surface area (Å²) in [5.41, 5.74) is 0.298. The smallest absolute Gasteiger partial charge is 0.324 e. The number of benzene rings is 2. The van der Waals surface area contributed by atoms with Gasteiger partial charge in [-0.3, -0.25) is 14.9 Å². The maximum atomic E-state index is 12.6. The van der Waals surface area contributed by atoms with Gasteiger partial charge in [0.25, 0.3) is 5.69 Å². The summed E-state index contributed by atoms with van der Waals surface area (Å²) < 4.78 is 37.8. The number of hydrogen-bond donors (Lipinski definition) is 1. The van der Waals surface area contributed by atoms with Gasteiger partial charge in [-0.25, -0.2) is 8.42 Å². The fraction of sp³-hybridized carbons (Fsp3) is 0.316. The van der Waals surface area contributed by atoms with E-state index in [9.17, 15) is 23.3 Å². The summed E-state index contributed by atoms with van der Waals surface area (Å²) in [7, 11) is -2.50. The number of methoxy groups -OCH3 is 1. The van der Waals surface area contributed by atoms with E-state index in [4.69, 9.17) is 9.47 Å². The molecule has 0 saturated carbocycles. The molecule has 10 heteroatoms. The van der Waals surface area contributed by atoms with Crippen molar-refractivity contribution in [3.63, 3.8) is 0 Å². The van der Waals surface area contributed by atoms with E-state index < -0.39 is 27.0 Å². The number of nitrogens with one attached hydrogen (secondary N) is 1. The number of nitrogens with zero attached hydrogens (tertiary/aromatic N) is 1. The number of carbonyl (C=O) groups excluding carboxylic acids is 1. The SMILES string of the molecule is COc1ccc(S(=O)(=O)N[C@H](C(=O)OCc2cccc([N+](=O)[O-])c2)C(C)C)cc1. The van der Waals surface area contributed by atoms with E-state index in [0.29, 0.717) is 11.3 Å².